The van der Waals surface area contributed by atoms with Crippen LogP contribution in [0.3, 0.4) is 0 Å². The maximum absolute atomic E-state index is 13.7. The van der Waals surface area contributed by atoms with Crippen LogP contribution in [0, 0.1) is 17.7 Å². The number of halogens is 3. The summed E-state index contributed by atoms with van der Waals surface area (Å²) in [7, 11) is 2.16. The average molecular weight is 448 g/mol. The van der Waals surface area contributed by atoms with Gasteiger partial charge in [-0.25, -0.2) is 9.18 Å². The zero-order valence-corrected chi connectivity index (χ0v) is 18.8. The van der Waals surface area contributed by atoms with Gasteiger partial charge < -0.3 is 9.64 Å². The lowest BCUT2D eigenvalue weighted by Crippen LogP contribution is -2.47. The Morgan fingerprint density at radius 3 is 2.55 bits per heavy atom. The summed E-state index contributed by atoms with van der Waals surface area (Å²) in [5.74, 6) is 1.05. The van der Waals surface area contributed by atoms with Crippen LogP contribution in [0.15, 0.2) is 24.3 Å². The lowest BCUT2D eigenvalue weighted by Gasteiger charge is -2.37. The molecular weight excluding hydrogens is 416 g/mol. The van der Waals surface area contributed by atoms with Gasteiger partial charge in [0, 0.05) is 44.8 Å². The number of amides is 1. The number of carbonyl (C=O) groups is 1. The Bertz CT molecular complexity index is 688. The molecule has 0 spiro atoms. The molecule has 3 heterocycles. The van der Waals surface area contributed by atoms with Crippen LogP contribution < -0.4 is 0 Å². The summed E-state index contributed by atoms with van der Waals surface area (Å²) in [5.41, 5.74) is 1.10. The third-order valence-corrected chi connectivity index (χ3v) is 6.62. The van der Waals surface area contributed by atoms with Gasteiger partial charge in [-0.3, -0.25) is 9.80 Å². The molecule has 0 unspecified atom stereocenters. The number of rotatable bonds is 3. The average Bonchev–Trinajstić information content (AvgIpc) is 3.18. The molecule has 8 heteroatoms. The first-order chi connectivity index (χ1) is 13.1. The van der Waals surface area contributed by atoms with Crippen LogP contribution in [0.5, 0.6) is 0 Å². The molecule has 0 saturated carbocycles. The molecule has 0 bridgehead atoms. The largest absolute Gasteiger partial charge is 0.450 e. The molecule has 0 aromatic heterocycles. The quantitative estimate of drug-likeness (QED) is 0.705. The highest BCUT2D eigenvalue weighted by molar-refractivity contribution is 5.85. The number of carbonyl (C=O) groups excluding carboxylic acids is 1. The van der Waals surface area contributed by atoms with Crippen molar-refractivity contribution in [3.63, 3.8) is 0 Å². The van der Waals surface area contributed by atoms with Crippen molar-refractivity contribution in [2.24, 2.45) is 11.8 Å². The summed E-state index contributed by atoms with van der Waals surface area (Å²) >= 11 is 0. The first-order valence-corrected chi connectivity index (χ1v) is 10.2. The Labute approximate surface area is 185 Å². The lowest BCUT2D eigenvalue weighted by molar-refractivity contribution is 0.0766. The van der Waals surface area contributed by atoms with Gasteiger partial charge in [0.05, 0.1) is 6.61 Å². The van der Waals surface area contributed by atoms with Crippen molar-refractivity contribution in [3.05, 3.63) is 35.6 Å². The maximum atomic E-state index is 13.7. The maximum Gasteiger partial charge on any atom is 0.409 e. The summed E-state index contributed by atoms with van der Waals surface area (Å²) in [6.45, 7) is 7.10. The number of ether oxygens (including phenoxy) is 1. The zero-order chi connectivity index (χ0) is 19.0. The minimum absolute atomic E-state index is 0. The van der Waals surface area contributed by atoms with E-state index in [0.717, 1.165) is 51.1 Å². The fourth-order valence-electron chi connectivity index (χ4n) is 5.41. The summed E-state index contributed by atoms with van der Waals surface area (Å²) in [6.07, 6.45) is 1.85. The smallest absolute Gasteiger partial charge is 0.409 e. The number of benzene rings is 1. The number of hydrogen-bond acceptors (Lipinski definition) is 4. The van der Waals surface area contributed by atoms with Crippen LogP contribution in [0.2, 0.25) is 0 Å². The number of hydrogen-bond donors (Lipinski definition) is 0. The van der Waals surface area contributed by atoms with Crippen molar-refractivity contribution in [2.75, 3.05) is 46.4 Å². The Morgan fingerprint density at radius 1 is 1.17 bits per heavy atom. The highest BCUT2D eigenvalue weighted by atomic mass is 35.5. The van der Waals surface area contributed by atoms with Gasteiger partial charge in [0.1, 0.15) is 5.82 Å². The lowest BCUT2D eigenvalue weighted by atomic mass is 9.89. The van der Waals surface area contributed by atoms with Crippen molar-refractivity contribution in [1.29, 1.82) is 0 Å². The molecule has 3 aliphatic heterocycles. The normalized spacial score (nSPS) is 27.8. The van der Waals surface area contributed by atoms with Crippen LogP contribution in [0.1, 0.15) is 31.4 Å². The van der Waals surface area contributed by atoms with Crippen molar-refractivity contribution in [3.8, 4) is 0 Å². The molecule has 3 fully saturated rings. The molecule has 1 aromatic carbocycles. The van der Waals surface area contributed by atoms with Crippen LogP contribution >= 0.6 is 24.8 Å². The molecule has 1 aromatic rings. The number of likely N-dealkylation sites (tertiary alicyclic amines) is 3. The third-order valence-electron chi connectivity index (χ3n) is 6.62. The second-order valence-corrected chi connectivity index (χ2v) is 8.23. The molecule has 3 atom stereocenters. The predicted octanol–water partition coefficient (Wildman–Crippen LogP) is 3.82. The first kappa shape index (κ1) is 24.2. The Kier molecular flexibility index (Phi) is 8.59. The Hall–Kier alpha value is -1.08. The molecular formula is C21H32Cl2FN3O2. The van der Waals surface area contributed by atoms with Gasteiger partial charge in [-0.15, -0.1) is 24.8 Å². The summed E-state index contributed by atoms with van der Waals surface area (Å²) in [5, 5.41) is 0. The van der Waals surface area contributed by atoms with Crippen LogP contribution in [-0.2, 0) is 4.74 Å². The monoisotopic (exact) mass is 447 g/mol. The third kappa shape index (κ3) is 4.98. The standard InChI is InChI=1S/C21H30FN3O2.2ClH/c1-3-27-21(26)24-9-7-18(8-10-24)25-13-16-12-23(2)20(19(16)14-25)15-5-4-6-17(22)11-15;;/h4-6,11,16,18-20H,3,7-10,12-14H2,1-2H3;2*1H/t16-,19+,20-;;/m0../s1. The minimum Gasteiger partial charge on any atom is -0.450 e. The summed E-state index contributed by atoms with van der Waals surface area (Å²) in [6, 6.07) is 7.95. The molecule has 5 nitrogen and oxygen atoms in total. The zero-order valence-electron chi connectivity index (χ0n) is 17.1. The fourth-order valence-corrected chi connectivity index (χ4v) is 5.41. The molecule has 164 valence electrons. The van der Waals surface area contributed by atoms with E-state index in [1.54, 1.807) is 6.07 Å². The number of fused-ring (bicyclic) bond motifs is 1. The van der Waals surface area contributed by atoms with E-state index in [2.05, 4.69) is 22.9 Å². The van der Waals surface area contributed by atoms with Crippen LogP contribution in [0.4, 0.5) is 9.18 Å². The minimum atomic E-state index is -0.179. The van der Waals surface area contributed by atoms with E-state index in [-0.39, 0.29) is 36.7 Å². The van der Waals surface area contributed by atoms with Gasteiger partial charge in [-0.05, 0) is 56.3 Å². The number of piperidine rings is 1. The predicted molar refractivity (Wildman–Crippen MR) is 116 cm³/mol. The van der Waals surface area contributed by atoms with Gasteiger partial charge in [0.15, 0.2) is 0 Å². The van der Waals surface area contributed by atoms with E-state index in [4.69, 9.17) is 4.74 Å². The summed E-state index contributed by atoms with van der Waals surface area (Å²) in [4.78, 5) is 18.8. The van der Waals surface area contributed by atoms with Crippen LogP contribution in [0.25, 0.3) is 0 Å². The topological polar surface area (TPSA) is 36.0 Å². The molecule has 4 rings (SSSR count). The highest BCUT2D eigenvalue weighted by Gasteiger charge is 2.47. The molecule has 0 radical (unpaired) electrons. The van der Waals surface area contributed by atoms with Gasteiger partial charge >= 0.3 is 6.09 Å². The second-order valence-electron chi connectivity index (χ2n) is 8.23. The molecule has 3 aliphatic rings. The van der Waals surface area contributed by atoms with E-state index in [9.17, 15) is 9.18 Å². The highest BCUT2D eigenvalue weighted by Crippen LogP contribution is 2.45. The van der Waals surface area contributed by atoms with E-state index >= 15 is 0 Å². The van der Waals surface area contributed by atoms with Gasteiger partial charge in [-0.1, -0.05) is 12.1 Å². The van der Waals surface area contributed by atoms with Crippen molar-refractivity contribution in [1.82, 2.24) is 14.7 Å². The Morgan fingerprint density at radius 2 is 1.90 bits per heavy atom. The number of nitrogens with zero attached hydrogens (tertiary/aromatic N) is 3. The molecule has 0 N–H and O–H groups in total. The van der Waals surface area contributed by atoms with E-state index < -0.39 is 0 Å². The van der Waals surface area contributed by atoms with Gasteiger partial charge in [0.25, 0.3) is 0 Å². The van der Waals surface area contributed by atoms with Crippen LogP contribution in [-0.4, -0.2) is 73.2 Å². The molecule has 0 aliphatic carbocycles. The van der Waals surface area contributed by atoms with Gasteiger partial charge in [0.2, 0.25) is 0 Å². The van der Waals surface area contributed by atoms with E-state index in [0.29, 0.717) is 30.5 Å². The van der Waals surface area contributed by atoms with E-state index in [1.807, 2.05) is 17.9 Å². The molecule has 3 saturated heterocycles. The van der Waals surface area contributed by atoms with Gasteiger partial charge in [-0.2, -0.15) is 0 Å². The molecule has 1 amide bonds. The first-order valence-electron chi connectivity index (χ1n) is 10.2. The fraction of sp³-hybridized carbons (Fsp3) is 0.667. The Balaban J connectivity index is 0.00000150. The van der Waals surface area contributed by atoms with Crippen molar-refractivity contribution < 1.29 is 13.9 Å². The molecule has 29 heavy (non-hydrogen) atoms. The second kappa shape index (κ2) is 10.3. The van der Waals surface area contributed by atoms with E-state index in [1.165, 1.54) is 6.07 Å². The SMILES string of the molecule is CCOC(=O)N1CCC(N2C[C@@H]3CN(C)[C@@H](c4cccc(F)c4)[C@@H]3C2)CC1.Cl.Cl. The van der Waals surface area contributed by atoms with Crippen molar-refractivity contribution in [2.45, 2.75) is 31.8 Å². The summed E-state index contributed by atoms with van der Waals surface area (Å²) < 4.78 is 18.9. The van der Waals surface area contributed by atoms with Crippen molar-refractivity contribution >= 4 is 30.9 Å².